The van der Waals surface area contributed by atoms with Crippen LogP contribution >= 0.6 is 0 Å². The van der Waals surface area contributed by atoms with E-state index in [1.165, 1.54) is 0 Å². The first kappa shape index (κ1) is 15.4. The Morgan fingerprint density at radius 1 is 1.18 bits per heavy atom. The fourth-order valence-electron chi connectivity index (χ4n) is 1.85. The number of para-hydroxylation sites is 1. The molecule has 0 spiro atoms. The van der Waals surface area contributed by atoms with E-state index in [0.717, 1.165) is 11.3 Å². The SMILES string of the molecule is Cc1ccccc1OCCNC(=O)Nc1ccc(C#N)cc1. The van der Waals surface area contributed by atoms with Gasteiger partial charge in [-0.1, -0.05) is 18.2 Å². The molecule has 22 heavy (non-hydrogen) atoms. The molecule has 0 bridgehead atoms. The molecule has 0 unspecified atom stereocenters. The third-order valence-corrected chi connectivity index (χ3v) is 3.01. The van der Waals surface area contributed by atoms with Gasteiger partial charge >= 0.3 is 6.03 Å². The minimum atomic E-state index is -0.307. The number of ether oxygens (including phenoxy) is 1. The van der Waals surface area contributed by atoms with E-state index in [1.807, 2.05) is 37.3 Å². The van der Waals surface area contributed by atoms with Crippen molar-refractivity contribution in [2.45, 2.75) is 6.92 Å². The van der Waals surface area contributed by atoms with Gasteiger partial charge in [-0.2, -0.15) is 5.26 Å². The number of carbonyl (C=O) groups is 1. The maximum absolute atomic E-state index is 11.7. The number of nitrogens with zero attached hydrogens (tertiary/aromatic N) is 1. The first-order valence-corrected chi connectivity index (χ1v) is 6.92. The predicted octanol–water partition coefficient (Wildman–Crippen LogP) is 3.07. The van der Waals surface area contributed by atoms with E-state index >= 15 is 0 Å². The highest BCUT2D eigenvalue weighted by Crippen LogP contribution is 2.15. The van der Waals surface area contributed by atoms with Gasteiger partial charge in [0.1, 0.15) is 12.4 Å². The molecule has 0 atom stereocenters. The van der Waals surface area contributed by atoms with Crippen LogP contribution in [0.25, 0.3) is 0 Å². The van der Waals surface area contributed by atoms with E-state index in [1.54, 1.807) is 24.3 Å². The zero-order valence-corrected chi connectivity index (χ0v) is 12.3. The van der Waals surface area contributed by atoms with E-state index in [-0.39, 0.29) is 6.03 Å². The summed E-state index contributed by atoms with van der Waals surface area (Å²) in [6.45, 7) is 2.77. The predicted molar refractivity (Wildman–Crippen MR) is 84.9 cm³/mol. The fourth-order valence-corrected chi connectivity index (χ4v) is 1.85. The van der Waals surface area contributed by atoms with Gasteiger partial charge in [0.25, 0.3) is 0 Å². The van der Waals surface area contributed by atoms with Crippen LogP contribution in [0.15, 0.2) is 48.5 Å². The van der Waals surface area contributed by atoms with Crippen molar-refractivity contribution in [2.75, 3.05) is 18.5 Å². The molecule has 5 heteroatoms. The molecule has 2 aromatic rings. The van der Waals surface area contributed by atoms with E-state index in [9.17, 15) is 4.79 Å². The van der Waals surface area contributed by atoms with Crippen molar-refractivity contribution >= 4 is 11.7 Å². The monoisotopic (exact) mass is 295 g/mol. The number of benzene rings is 2. The molecule has 0 fully saturated rings. The molecule has 0 saturated heterocycles. The Morgan fingerprint density at radius 3 is 2.59 bits per heavy atom. The van der Waals surface area contributed by atoms with Gasteiger partial charge in [0, 0.05) is 5.69 Å². The summed E-state index contributed by atoms with van der Waals surface area (Å²) in [5, 5.41) is 14.1. The first-order valence-electron chi connectivity index (χ1n) is 6.92. The lowest BCUT2D eigenvalue weighted by molar-refractivity contribution is 0.247. The molecule has 2 N–H and O–H groups in total. The molecule has 2 amide bonds. The fraction of sp³-hybridized carbons (Fsp3) is 0.176. The summed E-state index contributed by atoms with van der Waals surface area (Å²) in [6, 6.07) is 16.1. The third-order valence-electron chi connectivity index (χ3n) is 3.01. The molecule has 0 radical (unpaired) electrons. The molecule has 2 aromatic carbocycles. The summed E-state index contributed by atoms with van der Waals surface area (Å²) in [7, 11) is 0. The summed E-state index contributed by atoms with van der Waals surface area (Å²) in [5.74, 6) is 0.816. The lowest BCUT2D eigenvalue weighted by atomic mass is 10.2. The van der Waals surface area contributed by atoms with Crippen LogP contribution in [0, 0.1) is 18.3 Å². The van der Waals surface area contributed by atoms with E-state index in [2.05, 4.69) is 10.6 Å². The molecule has 0 heterocycles. The van der Waals surface area contributed by atoms with Crippen LogP contribution in [-0.4, -0.2) is 19.2 Å². The molecule has 5 nitrogen and oxygen atoms in total. The quantitative estimate of drug-likeness (QED) is 0.832. The molecular weight excluding hydrogens is 278 g/mol. The average molecular weight is 295 g/mol. The Hall–Kier alpha value is -3.00. The van der Waals surface area contributed by atoms with Crippen molar-refractivity contribution in [2.24, 2.45) is 0 Å². The summed E-state index contributed by atoms with van der Waals surface area (Å²) in [4.78, 5) is 11.7. The molecule has 0 aliphatic carbocycles. The van der Waals surface area contributed by atoms with Gasteiger partial charge in [-0.25, -0.2) is 4.79 Å². The van der Waals surface area contributed by atoms with Gasteiger partial charge in [-0.05, 0) is 42.8 Å². The second-order valence-corrected chi connectivity index (χ2v) is 4.68. The van der Waals surface area contributed by atoms with Crippen LogP contribution in [0.5, 0.6) is 5.75 Å². The number of aryl methyl sites for hydroxylation is 1. The number of nitrogens with one attached hydrogen (secondary N) is 2. The summed E-state index contributed by atoms with van der Waals surface area (Å²) in [6.07, 6.45) is 0. The highest BCUT2D eigenvalue weighted by molar-refractivity contribution is 5.89. The second kappa shape index (κ2) is 7.70. The van der Waals surface area contributed by atoms with Gasteiger partial charge in [0.2, 0.25) is 0 Å². The van der Waals surface area contributed by atoms with E-state index < -0.39 is 0 Å². The number of carbonyl (C=O) groups excluding carboxylic acids is 1. The van der Waals surface area contributed by atoms with Crippen LogP contribution < -0.4 is 15.4 Å². The van der Waals surface area contributed by atoms with Crippen LogP contribution in [0.2, 0.25) is 0 Å². The topological polar surface area (TPSA) is 74.2 Å². The van der Waals surface area contributed by atoms with E-state index in [4.69, 9.17) is 10.00 Å². The molecule has 0 aliphatic rings. The molecule has 0 aromatic heterocycles. The number of hydrogen-bond donors (Lipinski definition) is 2. The highest BCUT2D eigenvalue weighted by atomic mass is 16.5. The number of rotatable bonds is 5. The normalized spacial score (nSPS) is 9.64. The Morgan fingerprint density at radius 2 is 1.91 bits per heavy atom. The standard InChI is InChI=1S/C17H17N3O2/c1-13-4-2-3-5-16(13)22-11-10-19-17(21)20-15-8-6-14(12-18)7-9-15/h2-9H,10-11H2,1H3,(H2,19,20,21). The van der Waals surface area contributed by atoms with Crippen LogP contribution in [-0.2, 0) is 0 Å². The van der Waals surface area contributed by atoms with Gasteiger partial charge in [0.15, 0.2) is 0 Å². The van der Waals surface area contributed by atoms with Gasteiger partial charge in [-0.3, -0.25) is 0 Å². The Bertz CT molecular complexity index is 675. The van der Waals surface area contributed by atoms with Crippen molar-refractivity contribution in [3.8, 4) is 11.8 Å². The molecule has 2 rings (SSSR count). The van der Waals surface area contributed by atoms with Crippen molar-refractivity contribution in [1.29, 1.82) is 5.26 Å². The van der Waals surface area contributed by atoms with Crippen molar-refractivity contribution < 1.29 is 9.53 Å². The Labute approximate surface area is 129 Å². The third kappa shape index (κ3) is 4.53. The average Bonchev–Trinajstić information content (AvgIpc) is 2.54. The number of amides is 2. The smallest absolute Gasteiger partial charge is 0.319 e. The number of anilines is 1. The Kier molecular flexibility index (Phi) is 5.38. The molecular formula is C17H17N3O2. The minimum absolute atomic E-state index is 0.307. The van der Waals surface area contributed by atoms with Crippen LogP contribution in [0.3, 0.4) is 0 Å². The molecule has 0 saturated carbocycles. The zero-order valence-electron chi connectivity index (χ0n) is 12.3. The van der Waals surface area contributed by atoms with Crippen molar-refractivity contribution in [1.82, 2.24) is 5.32 Å². The lowest BCUT2D eigenvalue weighted by Gasteiger charge is -2.10. The number of hydrogen-bond acceptors (Lipinski definition) is 3. The van der Waals surface area contributed by atoms with Crippen LogP contribution in [0.1, 0.15) is 11.1 Å². The van der Waals surface area contributed by atoms with Gasteiger partial charge in [-0.15, -0.1) is 0 Å². The second-order valence-electron chi connectivity index (χ2n) is 4.68. The first-order chi connectivity index (χ1) is 10.7. The number of urea groups is 1. The Balaban J connectivity index is 1.71. The minimum Gasteiger partial charge on any atom is -0.491 e. The highest BCUT2D eigenvalue weighted by Gasteiger charge is 2.02. The summed E-state index contributed by atoms with van der Waals surface area (Å²) in [5.41, 5.74) is 2.25. The molecule has 112 valence electrons. The maximum atomic E-state index is 11.7. The lowest BCUT2D eigenvalue weighted by Crippen LogP contribution is -2.32. The maximum Gasteiger partial charge on any atom is 0.319 e. The number of nitriles is 1. The summed E-state index contributed by atoms with van der Waals surface area (Å²) >= 11 is 0. The van der Waals surface area contributed by atoms with Gasteiger partial charge in [0.05, 0.1) is 18.2 Å². The van der Waals surface area contributed by atoms with Crippen LogP contribution in [0.4, 0.5) is 10.5 Å². The van der Waals surface area contributed by atoms with Crippen molar-refractivity contribution in [3.05, 3.63) is 59.7 Å². The molecule has 0 aliphatic heterocycles. The van der Waals surface area contributed by atoms with E-state index in [0.29, 0.717) is 24.4 Å². The summed E-state index contributed by atoms with van der Waals surface area (Å²) < 4.78 is 5.59. The largest absolute Gasteiger partial charge is 0.491 e. The van der Waals surface area contributed by atoms with Gasteiger partial charge < -0.3 is 15.4 Å². The van der Waals surface area contributed by atoms with Crippen molar-refractivity contribution in [3.63, 3.8) is 0 Å². The zero-order chi connectivity index (χ0) is 15.8.